The van der Waals surface area contributed by atoms with Crippen LogP contribution in [0.1, 0.15) is 5.56 Å². The smallest absolute Gasteiger partial charge is 0.417 e. The number of carboxylic acids is 1. The van der Waals surface area contributed by atoms with Gasteiger partial charge in [-0.3, -0.25) is 4.79 Å². The number of halogens is 4. The maximum Gasteiger partial charge on any atom is 0.417 e. The third-order valence-electron chi connectivity index (χ3n) is 2.01. The lowest BCUT2D eigenvalue weighted by Gasteiger charge is -2.11. The van der Waals surface area contributed by atoms with Crippen LogP contribution in [0.15, 0.2) is 18.2 Å². The number of carboxylic acid groups (broad SMARTS) is 1. The molecule has 0 saturated carbocycles. The topological polar surface area (TPSA) is 75.6 Å². The monoisotopic (exact) mass is 311 g/mol. The molecular weight excluding hydrogens is 303 g/mol. The third-order valence-corrected chi connectivity index (χ3v) is 2.34. The maximum absolute atomic E-state index is 12.6. The number of nitrogens with one attached hydrogen (secondary N) is 1. The van der Waals surface area contributed by atoms with E-state index < -0.39 is 41.9 Å². The number of carbonyl (C=O) groups is 2. The second-order valence-corrected chi connectivity index (χ2v) is 4.03. The molecule has 1 amide bonds. The van der Waals surface area contributed by atoms with Crippen molar-refractivity contribution in [3.8, 4) is 0 Å². The number of hydrogen-bond acceptors (Lipinski definition) is 3. The summed E-state index contributed by atoms with van der Waals surface area (Å²) in [6, 6.07) is 2.86. The van der Waals surface area contributed by atoms with Gasteiger partial charge in [0.05, 0.1) is 10.6 Å². The summed E-state index contributed by atoms with van der Waals surface area (Å²) >= 11 is 5.41. The number of amides is 1. The predicted octanol–water partition coefficient (Wildman–Crippen LogP) is 2.40. The van der Waals surface area contributed by atoms with Gasteiger partial charge in [-0.25, -0.2) is 4.79 Å². The predicted molar refractivity (Wildman–Crippen MR) is 63.5 cm³/mol. The van der Waals surface area contributed by atoms with Gasteiger partial charge >= 0.3 is 12.1 Å². The molecule has 5 nitrogen and oxygen atoms in total. The van der Waals surface area contributed by atoms with Gasteiger partial charge < -0.3 is 15.2 Å². The molecule has 0 fully saturated rings. The Hall–Kier alpha value is -1.80. The average molecular weight is 312 g/mol. The van der Waals surface area contributed by atoms with Crippen LogP contribution in [-0.4, -0.2) is 30.2 Å². The fourth-order valence-electron chi connectivity index (χ4n) is 1.25. The third kappa shape index (κ3) is 5.06. The van der Waals surface area contributed by atoms with Crippen LogP contribution in [0.3, 0.4) is 0 Å². The molecule has 1 aromatic rings. The first-order valence-corrected chi connectivity index (χ1v) is 5.54. The number of alkyl halides is 3. The molecule has 0 heterocycles. The highest BCUT2D eigenvalue weighted by Crippen LogP contribution is 2.36. The van der Waals surface area contributed by atoms with Gasteiger partial charge in [0.15, 0.2) is 0 Å². The summed E-state index contributed by atoms with van der Waals surface area (Å²) < 4.78 is 42.2. The van der Waals surface area contributed by atoms with E-state index in [1.807, 2.05) is 0 Å². The largest absolute Gasteiger partial charge is 0.480 e. The normalized spacial score (nSPS) is 11.2. The molecule has 0 unspecified atom stereocenters. The van der Waals surface area contributed by atoms with E-state index in [2.05, 4.69) is 10.1 Å². The van der Waals surface area contributed by atoms with Crippen LogP contribution in [-0.2, 0) is 20.5 Å². The minimum atomic E-state index is -4.64. The zero-order chi connectivity index (χ0) is 15.3. The van der Waals surface area contributed by atoms with Gasteiger partial charge in [-0.15, -0.1) is 0 Å². The average Bonchev–Trinajstić information content (AvgIpc) is 2.29. The minimum Gasteiger partial charge on any atom is -0.480 e. The van der Waals surface area contributed by atoms with Crippen molar-refractivity contribution >= 4 is 29.2 Å². The summed E-state index contributed by atoms with van der Waals surface area (Å²) in [4.78, 5) is 21.4. The van der Waals surface area contributed by atoms with E-state index in [1.165, 1.54) is 6.07 Å². The first kappa shape index (κ1) is 16.3. The van der Waals surface area contributed by atoms with Crippen molar-refractivity contribution in [3.05, 3.63) is 28.8 Å². The number of rotatable bonds is 5. The molecule has 110 valence electrons. The van der Waals surface area contributed by atoms with Crippen molar-refractivity contribution in [1.82, 2.24) is 0 Å². The Bertz CT molecular complexity index is 519. The van der Waals surface area contributed by atoms with Gasteiger partial charge in [-0.05, 0) is 18.2 Å². The van der Waals surface area contributed by atoms with Crippen molar-refractivity contribution in [2.45, 2.75) is 6.18 Å². The molecule has 0 bridgehead atoms. The molecule has 0 radical (unpaired) electrons. The molecule has 1 aromatic carbocycles. The van der Waals surface area contributed by atoms with Crippen LogP contribution in [0.5, 0.6) is 0 Å². The molecule has 0 aliphatic heterocycles. The highest BCUT2D eigenvalue weighted by molar-refractivity contribution is 6.31. The summed E-state index contributed by atoms with van der Waals surface area (Å²) in [5, 5.41) is 9.93. The number of hydrogen-bond donors (Lipinski definition) is 2. The van der Waals surface area contributed by atoms with Gasteiger partial charge in [0.1, 0.15) is 13.2 Å². The summed E-state index contributed by atoms with van der Waals surface area (Å²) in [6.45, 7) is -1.27. The lowest BCUT2D eigenvalue weighted by atomic mass is 10.2. The molecule has 20 heavy (non-hydrogen) atoms. The Labute approximate surface area is 116 Å². The number of aliphatic carboxylic acids is 1. The van der Waals surface area contributed by atoms with Crippen LogP contribution in [0, 0.1) is 0 Å². The van der Waals surface area contributed by atoms with Gasteiger partial charge in [0, 0.05) is 5.69 Å². The zero-order valence-electron chi connectivity index (χ0n) is 9.83. The fraction of sp³-hybridized carbons (Fsp3) is 0.273. The molecule has 1 rings (SSSR count). The highest BCUT2D eigenvalue weighted by Gasteiger charge is 2.33. The Kier molecular flexibility index (Phi) is 5.34. The second kappa shape index (κ2) is 6.58. The minimum absolute atomic E-state index is 0.120. The standard InChI is InChI=1S/C11H9ClF3NO4/c12-8-2-1-6(3-7(8)11(13,14)15)16-9(17)4-20-5-10(18)19/h1-3H,4-5H2,(H,16,17)(H,18,19). The Morgan fingerprint density at radius 2 is 1.95 bits per heavy atom. The molecular formula is C11H9ClF3NO4. The summed E-state index contributed by atoms with van der Waals surface area (Å²) in [6.07, 6.45) is -4.64. The molecule has 0 atom stereocenters. The number of ether oxygens (including phenoxy) is 1. The summed E-state index contributed by atoms with van der Waals surface area (Å²) in [5.74, 6) is -2.04. The van der Waals surface area contributed by atoms with Crippen LogP contribution in [0.25, 0.3) is 0 Å². The van der Waals surface area contributed by atoms with Crippen LogP contribution in [0.2, 0.25) is 5.02 Å². The van der Waals surface area contributed by atoms with Gasteiger partial charge in [-0.1, -0.05) is 11.6 Å². The van der Waals surface area contributed by atoms with Crippen LogP contribution >= 0.6 is 11.6 Å². The van der Waals surface area contributed by atoms with Crippen molar-refractivity contribution in [2.75, 3.05) is 18.5 Å². The van der Waals surface area contributed by atoms with Crippen LogP contribution < -0.4 is 5.32 Å². The maximum atomic E-state index is 12.6. The molecule has 0 aliphatic rings. The fourth-order valence-corrected chi connectivity index (χ4v) is 1.47. The molecule has 0 saturated heterocycles. The number of benzene rings is 1. The van der Waals surface area contributed by atoms with Gasteiger partial charge in [0.25, 0.3) is 0 Å². The Morgan fingerprint density at radius 3 is 2.50 bits per heavy atom. The van der Waals surface area contributed by atoms with Gasteiger partial charge in [0.2, 0.25) is 5.91 Å². The van der Waals surface area contributed by atoms with E-state index in [4.69, 9.17) is 16.7 Å². The summed E-state index contributed by atoms with van der Waals surface area (Å²) in [5.41, 5.74) is -1.20. The van der Waals surface area contributed by atoms with E-state index in [1.54, 1.807) is 0 Å². The van der Waals surface area contributed by atoms with Crippen molar-refractivity contribution in [1.29, 1.82) is 0 Å². The Morgan fingerprint density at radius 1 is 1.30 bits per heavy atom. The first-order valence-electron chi connectivity index (χ1n) is 5.16. The van der Waals surface area contributed by atoms with E-state index in [0.717, 1.165) is 6.07 Å². The second-order valence-electron chi connectivity index (χ2n) is 3.63. The number of carbonyl (C=O) groups excluding carboxylic acids is 1. The van der Waals surface area contributed by atoms with Crippen molar-refractivity contribution < 1.29 is 32.6 Å². The zero-order valence-corrected chi connectivity index (χ0v) is 10.6. The van der Waals surface area contributed by atoms with E-state index in [0.29, 0.717) is 6.07 Å². The van der Waals surface area contributed by atoms with Gasteiger partial charge in [-0.2, -0.15) is 13.2 Å². The van der Waals surface area contributed by atoms with E-state index >= 15 is 0 Å². The van der Waals surface area contributed by atoms with E-state index in [9.17, 15) is 22.8 Å². The van der Waals surface area contributed by atoms with Crippen LogP contribution in [0.4, 0.5) is 18.9 Å². The highest BCUT2D eigenvalue weighted by atomic mass is 35.5. The van der Waals surface area contributed by atoms with Crippen molar-refractivity contribution in [3.63, 3.8) is 0 Å². The molecule has 0 aromatic heterocycles. The molecule has 0 aliphatic carbocycles. The lowest BCUT2D eigenvalue weighted by Crippen LogP contribution is -2.21. The molecule has 0 spiro atoms. The quantitative estimate of drug-likeness (QED) is 0.875. The molecule has 9 heteroatoms. The molecule has 2 N–H and O–H groups in total. The van der Waals surface area contributed by atoms with Crippen molar-refractivity contribution in [2.24, 2.45) is 0 Å². The SMILES string of the molecule is O=C(O)COCC(=O)Nc1ccc(Cl)c(C(F)(F)F)c1. The van der Waals surface area contributed by atoms with E-state index in [-0.39, 0.29) is 5.69 Å². The number of anilines is 1. The Balaban J connectivity index is 2.69. The first-order chi connectivity index (χ1) is 9.20. The summed E-state index contributed by atoms with van der Waals surface area (Å²) in [7, 11) is 0. The lowest BCUT2D eigenvalue weighted by molar-refractivity contribution is -0.143.